The summed E-state index contributed by atoms with van der Waals surface area (Å²) >= 11 is 0. The van der Waals surface area contributed by atoms with Crippen LogP contribution in [0.3, 0.4) is 0 Å². The molecule has 0 aromatic carbocycles. The van der Waals surface area contributed by atoms with Gasteiger partial charge in [-0.25, -0.2) is 0 Å². The molecule has 0 saturated heterocycles. The Bertz CT molecular complexity index is 204. The fourth-order valence-corrected chi connectivity index (χ4v) is 1.97. The monoisotopic (exact) mass is 213 g/mol. The molecule has 0 saturated carbocycles. The Hall–Kier alpha value is -0.540. The lowest BCUT2D eigenvalue weighted by Gasteiger charge is -2.29. The second kappa shape index (κ2) is 6.85. The zero-order chi connectivity index (χ0) is 11.1. The summed E-state index contributed by atoms with van der Waals surface area (Å²) in [6, 6.07) is 0.204. The highest BCUT2D eigenvalue weighted by molar-refractivity contribution is 5.08. The van der Waals surface area contributed by atoms with Crippen molar-refractivity contribution in [3.8, 4) is 0 Å². The molecule has 1 N–H and O–H groups in total. The van der Waals surface area contributed by atoms with Crippen molar-refractivity contribution in [2.75, 3.05) is 20.3 Å². The normalized spacial score (nSPS) is 20.3. The minimum Gasteiger partial charge on any atom is -0.496 e. The van der Waals surface area contributed by atoms with Crippen molar-refractivity contribution in [2.45, 2.75) is 45.3 Å². The molecule has 2 atom stereocenters. The van der Waals surface area contributed by atoms with Crippen molar-refractivity contribution in [1.82, 2.24) is 5.32 Å². The lowest BCUT2D eigenvalue weighted by atomic mass is 10.0. The van der Waals surface area contributed by atoms with E-state index >= 15 is 0 Å². The second-order valence-corrected chi connectivity index (χ2v) is 3.77. The molecule has 1 heterocycles. The van der Waals surface area contributed by atoms with E-state index in [-0.39, 0.29) is 12.1 Å². The first-order chi connectivity index (χ1) is 7.33. The van der Waals surface area contributed by atoms with Crippen LogP contribution in [0.2, 0.25) is 0 Å². The third-order valence-corrected chi connectivity index (χ3v) is 2.74. The molecule has 0 aromatic rings. The smallest absolute Gasteiger partial charge is 0.112 e. The minimum absolute atomic E-state index is 0.204. The van der Waals surface area contributed by atoms with Gasteiger partial charge in [0.1, 0.15) is 5.76 Å². The maximum atomic E-state index is 5.71. The van der Waals surface area contributed by atoms with E-state index < -0.39 is 0 Å². The number of hydrogen-bond donors (Lipinski definition) is 1. The van der Waals surface area contributed by atoms with Gasteiger partial charge in [0.2, 0.25) is 0 Å². The van der Waals surface area contributed by atoms with Gasteiger partial charge in [0.15, 0.2) is 0 Å². The lowest BCUT2D eigenvalue weighted by Crippen LogP contribution is -2.42. The summed E-state index contributed by atoms with van der Waals surface area (Å²) in [5.74, 6) is 1.06. The molecule has 0 amide bonds. The van der Waals surface area contributed by atoms with E-state index in [0.29, 0.717) is 0 Å². The standard InChI is InChI=1S/C12H23NO2/c1-4-10(14-5-2)12(13-3)11-8-6-7-9-15-11/h8,10,12-13H,4-7,9H2,1-3H3. The zero-order valence-electron chi connectivity index (χ0n) is 10.1. The lowest BCUT2D eigenvalue weighted by molar-refractivity contribution is 0.0227. The summed E-state index contributed by atoms with van der Waals surface area (Å²) in [7, 11) is 1.96. The Morgan fingerprint density at radius 2 is 2.33 bits per heavy atom. The SMILES string of the molecule is CCOC(CC)C(NC)C1=CCCCO1. The van der Waals surface area contributed by atoms with E-state index in [9.17, 15) is 0 Å². The van der Waals surface area contributed by atoms with Gasteiger partial charge in [-0.05, 0) is 39.3 Å². The predicted octanol–water partition coefficient (Wildman–Crippen LogP) is 2.08. The number of rotatable bonds is 6. The van der Waals surface area contributed by atoms with Crippen LogP contribution >= 0.6 is 0 Å². The van der Waals surface area contributed by atoms with Crippen LogP contribution < -0.4 is 5.32 Å². The van der Waals surface area contributed by atoms with E-state index in [1.54, 1.807) is 0 Å². The minimum atomic E-state index is 0.204. The first-order valence-corrected chi connectivity index (χ1v) is 5.95. The highest BCUT2D eigenvalue weighted by Crippen LogP contribution is 2.19. The Morgan fingerprint density at radius 1 is 1.53 bits per heavy atom. The van der Waals surface area contributed by atoms with Crippen molar-refractivity contribution in [3.05, 3.63) is 11.8 Å². The van der Waals surface area contributed by atoms with Crippen LogP contribution in [0.15, 0.2) is 11.8 Å². The molecule has 15 heavy (non-hydrogen) atoms. The van der Waals surface area contributed by atoms with Crippen LogP contribution in [0.25, 0.3) is 0 Å². The van der Waals surface area contributed by atoms with Gasteiger partial charge in [-0.2, -0.15) is 0 Å². The van der Waals surface area contributed by atoms with E-state index in [0.717, 1.165) is 38.2 Å². The van der Waals surface area contributed by atoms with Crippen LogP contribution in [-0.2, 0) is 9.47 Å². The largest absolute Gasteiger partial charge is 0.496 e. The number of likely N-dealkylation sites (N-methyl/N-ethyl adjacent to an activating group) is 1. The average molecular weight is 213 g/mol. The highest BCUT2D eigenvalue weighted by atomic mass is 16.5. The number of hydrogen-bond acceptors (Lipinski definition) is 3. The van der Waals surface area contributed by atoms with Crippen LogP contribution in [0.5, 0.6) is 0 Å². The average Bonchev–Trinajstić information content (AvgIpc) is 2.30. The molecule has 1 aliphatic rings. The van der Waals surface area contributed by atoms with Crippen LogP contribution in [-0.4, -0.2) is 32.4 Å². The van der Waals surface area contributed by atoms with Crippen molar-refractivity contribution in [3.63, 3.8) is 0 Å². The molecule has 1 aliphatic heterocycles. The van der Waals surface area contributed by atoms with Gasteiger partial charge in [-0.15, -0.1) is 0 Å². The van der Waals surface area contributed by atoms with Gasteiger partial charge in [0, 0.05) is 6.61 Å². The molecule has 2 unspecified atom stereocenters. The van der Waals surface area contributed by atoms with Crippen LogP contribution in [0.1, 0.15) is 33.1 Å². The van der Waals surface area contributed by atoms with E-state index in [1.807, 2.05) is 14.0 Å². The predicted molar refractivity (Wildman–Crippen MR) is 61.8 cm³/mol. The second-order valence-electron chi connectivity index (χ2n) is 3.77. The van der Waals surface area contributed by atoms with E-state index in [1.165, 1.54) is 0 Å². The Morgan fingerprint density at radius 3 is 2.80 bits per heavy atom. The zero-order valence-corrected chi connectivity index (χ0v) is 10.1. The Balaban J connectivity index is 2.62. The number of nitrogens with one attached hydrogen (secondary N) is 1. The quantitative estimate of drug-likeness (QED) is 0.733. The van der Waals surface area contributed by atoms with E-state index in [2.05, 4.69) is 18.3 Å². The van der Waals surface area contributed by atoms with Crippen molar-refractivity contribution in [2.24, 2.45) is 0 Å². The molecule has 88 valence electrons. The number of ether oxygens (including phenoxy) is 2. The fraction of sp³-hybridized carbons (Fsp3) is 0.833. The summed E-state index contributed by atoms with van der Waals surface area (Å²) in [6.07, 6.45) is 5.65. The third-order valence-electron chi connectivity index (χ3n) is 2.74. The van der Waals surface area contributed by atoms with Crippen molar-refractivity contribution in [1.29, 1.82) is 0 Å². The molecule has 0 aliphatic carbocycles. The molecule has 0 spiro atoms. The van der Waals surface area contributed by atoms with Gasteiger partial charge in [0.25, 0.3) is 0 Å². The van der Waals surface area contributed by atoms with Crippen LogP contribution in [0.4, 0.5) is 0 Å². The summed E-state index contributed by atoms with van der Waals surface area (Å²) in [5.41, 5.74) is 0. The summed E-state index contributed by atoms with van der Waals surface area (Å²) in [4.78, 5) is 0. The molecule has 3 heteroatoms. The van der Waals surface area contributed by atoms with Gasteiger partial charge in [-0.3, -0.25) is 0 Å². The van der Waals surface area contributed by atoms with Crippen molar-refractivity contribution < 1.29 is 9.47 Å². The molecular formula is C12H23NO2. The molecule has 0 bridgehead atoms. The topological polar surface area (TPSA) is 30.5 Å². The third kappa shape index (κ3) is 3.50. The maximum Gasteiger partial charge on any atom is 0.112 e. The fourth-order valence-electron chi connectivity index (χ4n) is 1.97. The molecular weight excluding hydrogens is 190 g/mol. The van der Waals surface area contributed by atoms with Gasteiger partial charge in [-0.1, -0.05) is 6.92 Å². The molecule has 0 aromatic heterocycles. The summed E-state index contributed by atoms with van der Waals surface area (Å²) < 4.78 is 11.4. The van der Waals surface area contributed by atoms with Gasteiger partial charge < -0.3 is 14.8 Å². The molecule has 0 radical (unpaired) electrons. The Labute approximate surface area is 92.8 Å². The van der Waals surface area contributed by atoms with Crippen LogP contribution in [0, 0.1) is 0 Å². The first kappa shape index (κ1) is 12.5. The molecule has 1 rings (SSSR count). The number of allylic oxidation sites excluding steroid dienone is 1. The first-order valence-electron chi connectivity index (χ1n) is 5.95. The Kier molecular flexibility index (Phi) is 5.73. The molecule has 3 nitrogen and oxygen atoms in total. The maximum absolute atomic E-state index is 5.71. The van der Waals surface area contributed by atoms with Gasteiger partial charge in [0.05, 0.1) is 18.8 Å². The summed E-state index contributed by atoms with van der Waals surface area (Å²) in [6.45, 7) is 5.77. The molecule has 0 fully saturated rings. The summed E-state index contributed by atoms with van der Waals surface area (Å²) in [5, 5.41) is 3.29. The van der Waals surface area contributed by atoms with E-state index in [4.69, 9.17) is 9.47 Å². The van der Waals surface area contributed by atoms with Gasteiger partial charge >= 0.3 is 0 Å². The van der Waals surface area contributed by atoms with Crippen molar-refractivity contribution >= 4 is 0 Å². The highest BCUT2D eigenvalue weighted by Gasteiger charge is 2.24.